The second-order valence-electron chi connectivity index (χ2n) is 4.55. The lowest BCUT2D eigenvalue weighted by Crippen LogP contribution is -2.15. The molecule has 4 nitrogen and oxygen atoms in total. The first-order valence-electron chi connectivity index (χ1n) is 6.59. The molecule has 0 saturated heterocycles. The molecular weight excluding hydrogens is 238 g/mol. The van der Waals surface area contributed by atoms with Crippen molar-refractivity contribution in [2.45, 2.75) is 26.9 Å². The molecule has 0 aliphatic carbocycles. The molecule has 4 heteroatoms. The highest BCUT2D eigenvalue weighted by Gasteiger charge is 2.04. The summed E-state index contributed by atoms with van der Waals surface area (Å²) in [5, 5.41) is 3.34. The molecule has 2 aromatic heterocycles. The number of nitrogens with zero attached hydrogens (tertiary/aromatic N) is 2. The Morgan fingerprint density at radius 1 is 1.37 bits per heavy atom. The highest BCUT2D eigenvalue weighted by atomic mass is 16.5. The van der Waals surface area contributed by atoms with E-state index < -0.39 is 0 Å². The molecule has 0 aliphatic rings. The van der Waals surface area contributed by atoms with Crippen LogP contribution < -0.4 is 10.1 Å². The molecule has 0 aromatic carbocycles. The van der Waals surface area contributed by atoms with Gasteiger partial charge in [-0.3, -0.25) is 4.98 Å². The van der Waals surface area contributed by atoms with Gasteiger partial charge in [0.25, 0.3) is 0 Å². The van der Waals surface area contributed by atoms with E-state index in [1.54, 1.807) is 7.11 Å². The molecule has 19 heavy (non-hydrogen) atoms. The fourth-order valence-corrected chi connectivity index (χ4v) is 2.09. The van der Waals surface area contributed by atoms with Gasteiger partial charge in [0.05, 0.1) is 19.3 Å². The van der Waals surface area contributed by atoms with E-state index in [2.05, 4.69) is 40.1 Å². The summed E-state index contributed by atoms with van der Waals surface area (Å²) in [6.07, 6.45) is 2.09. The normalized spacial score (nSPS) is 10.7. The van der Waals surface area contributed by atoms with Crippen LogP contribution in [0.1, 0.15) is 24.0 Å². The predicted molar refractivity (Wildman–Crippen MR) is 76.4 cm³/mol. The van der Waals surface area contributed by atoms with E-state index in [4.69, 9.17) is 4.74 Å². The topological polar surface area (TPSA) is 39.1 Å². The lowest BCUT2D eigenvalue weighted by Gasteiger charge is -2.11. The van der Waals surface area contributed by atoms with E-state index in [0.717, 1.165) is 36.8 Å². The van der Waals surface area contributed by atoms with Crippen LogP contribution in [0.25, 0.3) is 0 Å². The van der Waals surface area contributed by atoms with E-state index in [1.165, 1.54) is 5.69 Å². The number of pyridine rings is 1. The maximum absolute atomic E-state index is 5.29. The molecule has 0 radical (unpaired) electrons. The van der Waals surface area contributed by atoms with Crippen molar-refractivity contribution in [3.63, 3.8) is 0 Å². The van der Waals surface area contributed by atoms with Crippen LogP contribution in [0.15, 0.2) is 30.5 Å². The third kappa shape index (κ3) is 3.58. The Labute approximate surface area is 114 Å². The maximum Gasteiger partial charge on any atom is 0.122 e. The van der Waals surface area contributed by atoms with Gasteiger partial charge < -0.3 is 14.6 Å². The average Bonchev–Trinajstić information content (AvgIpc) is 2.83. The van der Waals surface area contributed by atoms with Crippen LogP contribution in [-0.4, -0.2) is 23.2 Å². The Hall–Kier alpha value is -1.81. The molecule has 102 valence electrons. The van der Waals surface area contributed by atoms with Crippen LogP contribution in [0.4, 0.5) is 0 Å². The van der Waals surface area contributed by atoms with Gasteiger partial charge in [-0.2, -0.15) is 0 Å². The van der Waals surface area contributed by atoms with Gasteiger partial charge in [-0.05, 0) is 25.6 Å². The molecule has 2 aromatic rings. The van der Waals surface area contributed by atoms with Gasteiger partial charge in [-0.25, -0.2) is 0 Å². The highest BCUT2D eigenvalue weighted by Crippen LogP contribution is 2.15. The van der Waals surface area contributed by atoms with Gasteiger partial charge >= 0.3 is 0 Å². The first-order valence-corrected chi connectivity index (χ1v) is 6.59. The molecule has 2 rings (SSSR count). The van der Waals surface area contributed by atoms with Crippen molar-refractivity contribution in [1.29, 1.82) is 0 Å². The van der Waals surface area contributed by atoms with E-state index in [-0.39, 0.29) is 0 Å². The number of ether oxygens (including phenoxy) is 1. The summed E-state index contributed by atoms with van der Waals surface area (Å²) in [4.78, 5) is 4.56. The molecule has 0 fully saturated rings. The number of hydrogen-bond acceptors (Lipinski definition) is 3. The lowest BCUT2D eigenvalue weighted by atomic mass is 10.3. The maximum atomic E-state index is 5.29. The molecule has 0 unspecified atom stereocenters. The Bertz CT molecular complexity index is 534. The molecule has 0 aliphatic heterocycles. The third-order valence-electron chi connectivity index (χ3n) is 3.03. The minimum atomic E-state index is 0.770. The molecule has 0 spiro atoms. The molecule has 0 atom stereocenters. The summed E-state index contributed by atoms with van der Waals surface area (Å²) in [5.74, 6) is 0.864. The standard InChI is InChI=1S/C15H21N3O/c1-4-16-10-14-6-5-7-18(14)11-13-9-15(19-3)8-12(2)17-13/h5-9,16H,4,10-11H2,1-3H3. The molecule has 1 N–H and O–H groups in total. The van der Waals surface area contributed by atoms with Crippen LogP contribution in [0.5, 0.6) is 5.75 Å². The predicted octanol–water partition coefficient (Wildman–Crippen LogP) is 2.36. The molecule has 0 saturated carbocycles. The minimum absolute atomic E-state index is 0.770. The zero-order valence-corrected chi connectivity index (χ0v) is 11.8. The first kappa shape index (κ1) is 13.6. The van der Waals surface area contributed by atoms with Crippen LogP contribution in [0.2, 0.25) is 0 Å². The number of aryl methyl sites for hydroxylation is 1. The summed E-state index contributed by atoms with van der Waals surface area (Å²) < 4.78 is 7.50. The number of rotatable bonds is 6. The zero-order chi connectivity index (χ0) is 13.7. The van der Waals surface area contributed by atoms with Crippen LogP contribution in [-0.2, 0) is 13.1 Å². The van der Waals surface area contributed by atoms with Gasteiger partial charge in [0.15, 0.2) is 0 Å². The summed E-state index contributed by atoms with van der Waals surface area (Å²) in [6.45, 7) is 6.72. The van der Waals surface area contributed by atoms with Crippen molar-refractivity contribution >= 4 is 0 Å². The zero-order valence-electron chi connectivity index (χ0n) is 11.8. The summed E-state index contributed by atoms with van der Waals surface area (Å²) >= 11 is 0. The molecule has 0 amide bonds. The highest BCUT2D eigenvalue weighted by molar-refractivity contribution is 5.27. The summed E-state index contributed by atoms with van der Waals surface area (Å²) in [5.41, 5.74) is 3.27. The van der Waals surface area contributed by atoms with Gasteiger partial charge in [0.2, 0.25) is 0 Å². The van der Waals surface area contributed by atoms with E-state index >= 15 is 0 Å². The summed E-state index contributed by atoms with van der Waals surface area (Å²) in [7, 11) is 1.69. The van der Waals surface area contributed by atoms with Crippen molar-refractivity contribution in [3.05, 3.63) is 47.5 Å². The van der Waals surface area contributed by atoms with Crippen molar-refractivity contribution < 1.29 is 4.74 Å². The average molecular weight is 259 g/mol. The van der Waals surface area contributed by atoms with Crippen molar-refractivity contribution in [3.8, 4) is 5.75 Å². The Balaban J connectivity index is 2.16. The quantitative estimate of drug-likeness (QED) is 0.865. The molecule has 0 bridgehead atoms. The van der Waals surface area contributed by atoms with Gasteiger partial charge in [0.1, 0.15) is 5.75 Å². The van der Waals surface area contributed by atoms with E-state index in [9.17, 15) is 0 Å². The minimum Gasteiger partial charge on any atom is -0.497 e. The van der Waals surface area contributed by atoms with E-state index in [1.807, 2.05) is 19.1 Å². The Kier molecular flexibility index (Phi) is 4.58. The van der Waals surface area contributed by atoms with Crippen LogP contribution >= 0.6 is 0 Å². The third-order valence-corrected chi connectivity index (χ3v) is 3.03. The number of methoxy groups -OCH3 is 1. The molecular formula is C15H21N3O. The van der Waals surface area contributed by atoms with Gasteiger partial charge in [0, 0.05) is 36.3 Å². The Morgan fingerprint density at radius 2 is 2.21 bits per heavy atom. The SMILES string of the molecule is CCNCc1cccn1Cc1cc(OC)cc(C)n1. The van der Waals surface area contributed by atoms with E-state index in [0.29, 0.717) is 0 Å². The Morgan fingerprint density at radius 3 is 2.95 bits per heavy atom. The van der Waals surface area contributed by atoms with Gasteiger partial charge in [-0.1, -0.05) is 6.92 Å². The fourth-order valence-electron chi connectivity index (χ4n) is 2.09. The fraction of sp³-hybridized carbons (Fsp3) is 0.400. The second kappa shape index (κ2) is 6.38. The van der Waals surface area contributed by atoms with Crippen molar-refractivity contribution in [2.75, 3.05) is 13.7 Å². The first-order chi connectivity index (χ1) is 9.22. The second-order valence-corrected chi connectivity index (χ2v) is 4.55. The largest absolute Gasteiger partial charge is 0.497 e. The van der Waals surface area contributed by atoms with Crippen LogP contribution in [0, 0.1) is 6.92 Å². The lowest BCUT2D eigenvalue weighted by molar-refractivity contribution is 0.412. The number of nitrogens with one attached hydrogen (secondary N) is 1. The molecule has 2 heterocycles. The number of aromatic nitrogens is 2. The van der Waals surface area contributed by atoms with Crippen molar-refractivity contribution in [2.24, 2.45) is 0 Å². The monoisotopic (exact) mass is 259 g/mol. The van der Waals surface area contributed by atoms with Crippen LogP contribution in [0.3, 0.4) is 0 Å². The number of hydrogen-bond donors (Lipinski definition) is 1. The van der Waals surface area contributed by atoms with Crippen molar-refractivity contribution in [1.82, 2.24) is 14.9 Å². The van der Waals surface area contributed by atoms with Gasteiger partial charge in [-0.15, -0.1) is 0 Å². The smallest absolute Gasteiger partial charge is 0.122 e. The summed E-state index contributed by atoms with van der Waals surface area (Å²) in [6, 6.07) is 8.14.